The number of anilines is 1. The topological polar surface area (TPSA) is 102 Å². The van der Waals surface area contributed by atoms with Gasteiger partial charge in [0.1, 0.15) is 16.8 Å². The predicted octanol–water partition coefficient (Wildman–Crippen LogP) is 3.76. The number of carboxylic acids is 1. The molecule has 0 bridgehead atoms. The van der Waals surface area contributed by atoms with E-state index in [2.05, 4.69) is 4.98 Å². The van der Waals surface area contributed by atoms with Crippen LogP contribution in [0.1, 0.15) is 36.8 Å². The van der Waals surface area contributed by atoms with Crippen molar-refractivity contribution in [1.82, 2.24) is 9.55 Å². The third-order valence-electron chi connectivity index (χ3n) is 4.37. The molecule has 0 aliphatic carbocycles. The molecular formula is C22H23N3O5. The number of carbonyl (C=O) groups is 2. The number of hydrogen-bond acceptors (Lipinski definition) is 5. The normalized spacial score (nSPS) is 11.4. The van der Waals surface area contributed by atoms with Crippen LogP contribution >= 0.6 is 0 Å². The van der Waals surface area contributed by atoms with Gasteiger partial charge < -0.3 is 9.84 Å². The van der Waals surface area contributed by atoms with Crippen LogP contribution < -0.4 is 10.5 Å². The summed E-state index contributed by atoms with van der Waals surface area (Å²) in [6.45, 7) is 6.87. The van der Waals surface area contributed by atoms with Gasteiger partial charge in [-0.15, -0.1) is 0 Å². The van der Waals surface area contributed by atoms with E-state index in [0.717, 1.165) is 4.90 Å². The summed E-state index contributed by atoms with van der Waals surface area (Å²) >= 11 is 0. The molecule has 0 aliphatic rings. The lowest BCUT2D eigenvalue weighted by atomic mass is 10.1. The van der Waals surface area contributed by atoms with Gasteiger partial charge in [0.15, 0.2) is 0 Å². The molecule has 3 aromatic rings. The smallest absolute Gasteiger partial charge is 0.414 e. The summed E-state index contributed by atoms with van der Waals surface area (Å²) in [5.41, 5.74) is -0.813. The third-order valence-corrected chi connectivity index (χ3v) is 4.37. The first-order chi connectivity index (χ1) is 14.0. The van der Waals surface area contributed by atoms with Crippen molar-refractivity contribution in [1.29, 1.82) is 0 Å². The summed E-state index contributed by atoms with van der Waals surface area (Å²) in [5.74, 6) is -1.45. The number of aromatic nitrogens is 2. The van der Waals surface area contributed by atoms with Gasteiger partial charge in [-0.05, 0) is 52.0 Å². The molecule has 2 heterocycles. The number of carbonyl (C=O) groups excluding carboxylic acids is 1. The van der Waals surface area contributed by atoms with Crippen LogP contribution in [0.5, 0.6) is 0 Å². The summed E-state index contributed by atoms with van der Waals surface area (Å²) in [5, 5.41) is 10.2. The lowest BCUT2D eigenvalue weighted by molar-refractivity contribution is 0.0589. The second-order valence-electron chi connectivity index (χ2n) is 7.87. The number of aryl methyl sites for hydroxylation is 1. The molecular weight excluding hydrogens is 386 g/mol. The molecule has 0 spiro atoms. The highest BCUT2D eigenvalue weighted by Crippen LogP contribution is 2.30. The minimum atomic E-state index is -1.45. The number of benzene rings is 1. The monoisotopic (exact) mass is 409 g/mol. The van der Waals surface area contributed by atoms with E-state index in [0.29, 0.717) is 16.8 Å². The summed E-state index contributed by atoms with van der Waals surface area (Å²) < 4.78 is 6.63. The van der Waals surface area contributed by atoms with Gasteiger partial charge in [-0.25, -0.2) is 14.6 Å². The average molecular weight is 409 g/mol. The maximum absolute atomic E-state index is 13.3. The van der Waals surface area contributed by atoms with Crippen LogP contribution in [0.15, 0.2) is 47.3 Å². The van der Waals surface area contributed by atoms with Crippen molar-refractivity contribution in [2.24, 2.45) is 0 Å². The standard InChI is InChI=1S/C22H23N3O5/c1-13-11-12-15-17(24(5)21(29)30-22(2,3)4)16(20(27)28)19(26)25(18(15)23-13)14-9-7-6-8-10-14/h6-12H,1-5H3,(H,27,28). The SMILES string of the molecule is Cc1ccc2c(N(C)C(=O)OC(C)(C)C)c(C(=O)O)c(=O)n(-c3ccccc3)c2n1. The van der Waals surface area contributed by atoms with Gasteiger partial charge in [0.05, 0.1) is 11.4 Å². The summed E-state index contributed by atoms with van der Waals surface area (Å²) in [6.07, 6.45) is -0.774. The molecule has 0 saturated carbocycles. The second-order valence-corrected chi connectivity index (χ2v) is 7.87. The number of ether oxygens (including phenoxy) is 1. The fourth-order valence-corrected chi connectivity index (χ4v) is 3.12. The van der Waals surface area contributed by atoms with Crippen molar-refractivity contribution in [2.75, 3.05) is 11.9 Å². The zero-order valence-corrected chi connectivity index (χ0v) is 17.5. The van der Waals surface area contributed by atoms with Crippen molar-refractivity contribution in [2.45, 2.75) is 33.3 Å². The summed E-state index contributed by atoms with van der Waals surface area (Å²) in [7, 11) is 1.38. The van der Waals surface area contributed by atoms with E-state index < -0.39 is 28.8 Å². The summed E-state index contributed by atoms with van der Waals surface area (Å²) in [6, 6.07) is 12.0. The number of fused-ring (bicyclic) bond motifs is 1. The van der Waals surface area contributed by atoms with Gasteiger partial charge in [-0.1, -0.05) is 18.2 Å². The Bertz CT molecular complexity index is 1190. The van der Waals surface area contributed by atoms with E-state index >= 15 is 0 Å². The van der Waals surface area contributed by atoms with E-state index in [1.165, 1.54) is 11.6 Å². The second kappa shape index (κ2) is 7.62. The molecule has 2 aromatic heterocycles. The van der Waals surface area contributed by atoms with Crippen molar-refractivity contribution in [3.8, 4) is 5.69 Å². The van der Waals surface area contributed by atoms with Crippen LogP contribution in [0.3, 0.4) is 0 Å². The van der Waals surface area contributed by atoms with Gasteiger partial charge in [-0.3, -0.25) is 14.3 Å². The Morgan fingerprint density at radius 3 is 2.30 bits per heavy atom. The molecule has 8 nitrogen and oxygen atoms in total. The van der Waals surface area contributed by atoms with Crippen LogP contribution in [0.2, 0.25) is 0 Å². The Hall–Kier alpha value is -3.68. The maximum atomic E-state index is 13.3. The number of amides is 1. The quantitative estimate of drug-likeness (QED) is 0.707. The van der Waals surface area contributed by atoms with Crippen molar-refractivity contribution in [3.05, 3.63) is 64.1 Å². The number of nitrogens with zero attached hydrogens (tertiary/aromatic N) is 3. The van der Waals surface area contributed by atoms with E-state index in [4.69, 9.17) is 4.74 Å². The highest BCUT2D eigenvalue weighted by molar-refractivity contribution is 6.09. The fourth-order valence-electron chi connectivity index (χ4n) is 3.12. The molecule has 0 unspecified atom stereocenters. The highest BCUT2D eigenvalue weighted by Gasteiger charge is 2.30. The van der Waals surface area contributed by atoms with Crippen molar-refractivity contribution >= 4 is 28.8 Å². The molecule has 0 aliphatic heterocycles. The van der Waals surface area contributed by atoms with E-state index in [1.54, 1.807) is 70.2 Å². The Morgan fingerprint density at radius 1 is 1.10 bits per heavy atom. The average Bonchev–Trinajstić information content (AvgIpc) is 2.65. The molecule has 8 heteroatoms. The van der Waals surface area contributed by atoms with Crippen LogP contribution in [-0.4, -0.2) is 39.4 Å². The molecule has 0 radical (unpaired) electrons. The number of para-hydroxylation sites is 1. The van der Waals surface area contributed by atoms with Crippen LogP contribution in [0, 0.1) is 6.92 Å². The Labute approximate surface area is 173 Å². The zero-order valence-electron chi connectivity index (χ0n) is 17.5. The van der Waals surface area contributed by atoms with Crippen LogP contribution in [0.25, 0.3) is 16.7 Å². The zero-order chi connectivity index (χ0) is 22.2. The first kappa shape index (κ1) is 21.0. The number of aromatic carboxylic acids is 1. The molecule has 156 valence electrons. The Balaban J connectivity index is 2.42. The molecule has 0 atom stereocenters. The van der Waals surface area contributed by atoms with Crippen molar-refractivity contribution in [3.63, 3.8) is 0 Å². The number of pyridine rings is 2. The lowest BCUT2D eigenvalue weighted by Crippen LogP contribution is -2.37. The van der Waals surface area contributed by atoms with Crippen LogP contribution in [-0.2, 0) is 4.74 Å². The molecule has 0 saturated heterocycles. The van der Waals surface area contributed by atoms with Gasteiger partial charge in [-0.2, -0.15) is 0 Å². The Morgan fingerprint density at radius 2 is 1.73 bits per heavy atom. The highest BCUT2D eigenvalue weighted by atomic mass is 16.6. The minimum Gasteiger partial charge on any atom is -0.477 e. The van der Waals surface area contributed by atoms with Gasteiger partial charge in [0.25, 0.3) is 5.56 Å². The number of hydrogen-bond donors (Lipinski definition) is 1. The van der Waals surface area contributed by atoms with Crippen LogP contribution in [0.4, 0.5) is 10.5 Å². The number of carboxylic acid groups (broad SMARTS) is 1. The molecule has 1 amide bonds. The summed E-state index contributed by atoms with van der Waals surface area (Å²) in [4.78, 5) is 43.7. The first-order valence-corrected chi connectivity index (χ1v) is 9.33. The predicted molar refractivity (Wildman–Crippen MR) is 114 cm³/mol. The van der Waals surface area contributed by atoms with E-state index in [1.807, 2.05) is 0 Å². The van der Waals surface area contributed by atoms with Crippen molar-refractivity contribution < 1.29 is 19.4 Å². The lowest BCUT2D eigenvalue weighted by Gasteiger charge is -2.26. The molecule has 1 aromatic carbocycles. The molecule has 30 heavy (non-hydrogen) atoms. The van der Waals surface area contributed by atoms with Gasteiger partial charge in [0.2, 0.25) is 0 Å². The number of rotatable bonds is 3. The van der Waals surface area contributed by atoms with Gasteiger partial charge in [0, 0.05) is 18.1 Å². The third kappa shape index (κ3) is 3.89. The fraction of sp³-hybridized carbons (Fsp3) is 0.273. The Kier molecular flexibility index (Phi) is 5.35. The first-order valence-electron chi connectivity index (χ1n) is 9.33. The van der Waals surface area contributed by atoms with E-state index in [-0.39, 0.29) is 11.3 Å². The maximum Gasteiger partial charge on any atom is 0.414 e. The van der Waals surface area contributed by atoms with E-state index in [9.17, 15) is 19.5 Å². The molecule has 3 rings (SSSR count). The largest absolute Gasteiger partial charge is 0.477 e. The van der Waals surface area contributed by atoms with Gasteiger partial charge >= 0.3 is 12.1 Å². The minimum absolute atomic E-state index is 0.0589. The molecule has 0 fully saturated rings. The molecule has 1 N–H and O–H groups in total.